The third-order valence-corrected chi connectivity index (χ3v) is 7.28. The van der Waals surface area contributed by atoms with E-state index in [1.165, 1.54) is 40.0 Å². The number of rotatable bonds is 4. The number of carbonyl (C=O) groups excluding carboxylic acids is 1. The zero-order valence-corrected chi connectivity index (χ0v) is 15.9. The van der Waals surface area contributed by atoms with Crippen LogP contribution in [0.2, 0.25) is 0 Å². The Morgan fingerprint density at radius 3 is 3.16 bits per heavy atom. The van der Waals surface area contributed by atoms with E-state index < -0.39 is 0 Å². The number of aromatic nitrogens is 2. The molecular formula is C17H14N4OS3. The fraction of sp³-hybridized carbons (Fsp3) is 0.294. The van der Waals surface area contributed by atoms with Crippen LogP contribution in [0.3, 0.4) is 0 Å². The molecule has 0 radical (unpaired) electrons. The third-order valence-electron chi connectivity index (χ3n) is 4.15. The molecule has 0 spiro atoms. The zero-order chi connectivity index (χ0) is 17.4. The molecule has 3 aromatic heterocycles. The van der Waals surface area contributed by atoms with Crippen LogP contribution >= 0.6 is 34.4 Å². The molecule has 0 unspecified atom stereocenters. The fourth-order valence-electron chi connectivity index (χ4n) is 2.92. The smallest absolute Gasteiger partial charge is 0.238 e. The molecule has 1 N–H and O–H groups in total. The van der Waals surface area contributed by atoms with Crippen LogP contribution in [-0.4, -0.2) is 21.1 Å². The van der Waals surface area contributed by atoms with Crippen molar-refractivity contribution in [2.75, 3.05) is 5.32 Å². The lowest BCUT2D eigenvalue weighted by molar-refractivity contribution is -0.115. The van der Waals surface area contributed by atoms with Gasteiger partial charge in [-0.1, -0.05) is 11.8 Å². The summed E-state index contributed by atoms with van der Waals surface area (Å²) in [5.41, 5.74) is 1.86. The quantitative estimate of drug-likeness (QED) is 0.536. The average molecular weight is 387 g/mol. The molecular weight excluding hydrogens is 372 g/mol. The first kappa shape index (κ1) is 16.5. The summed E-state index contributed by atoms with van der Waals surface area (Å²) < 4.78 is 0. The minimum atomic E-state index is -0.316. The Bertz CT molecular complexity index is 1000. The minimum absolute atomic E-state index is 0.123. The molecule has 0 aliphatic heterocycles. The van der Waals surface area contributed by atoms with Gasteiger partial charge in [0.25, 0.3) is 0 Å². The van der Waals surface area contributed by atoms with Crippen molar-refractivity contribution in [2.24, 2.45) is 0 Å². The van der Waals surface area contributed by atoms with Crippen molar-refractivity contribution in [3.8, 4) is 6.07 Å². The van der Waals surface area contributed by atoms with E-state index in [4.69, 9.17) is 5.26 Å². The molecule has 1 aliphatic rings. The SMILES string of the molecule is C[C@H](Sc1ncnc2sc3c(c12)CCC3)C(=O)Nc1sccc1C#N. The molecule has 1 aliphatic carbocycles. The highest BCUT2D eigenvalue weighted by atomic mass is 32.2. The second-order valence-electron chi connectivity index (χ2n) is 5.74. The van der Waals surface area contributed by atoms with Crippen molar-refractivity contribution in [1.29, 1.82) is 5.26 Å². The molecule has 0 saturated heterocycles. The van der Waals surface area contributed by atoms with Crippen LogP contribution in [0.5, 0.6) is 0 Å². The Kier molecular flexibility index (Phi) is 4.46. The Labute approximate surface area is 157 Å². The van der Waals surface area contributed by atoms with Gasteiger partial charge in [-0.3, -0.25) is 4.79 Å². The first-order chi connectivity index (χ1) is 12.2. The van der Waals surface area contributed by atoms with E-state index >= 15 is 0 Å². The van der Waals surface area contributed by atoms with Crippen molar-refractivity contribution in [3.63, 3.8) is 0 Å². The highest BCUT2D eigenvalue weighted by molar-refractivity contribution is 8.00. The molecule has 0 saturated carbocycles. The van der Waals surface area contributed by atoms with Crippen LogP contribution in [0.4, 0.5) is 5.00 Å². The maximum atomic E-state index is 12.5. The molecule has 3 aromatic rings. The molecule has 0 bridgehead atoms. The summed E-state index contributed by atoms with van der Waals surface area (Å²) in [6, 6.07) is 3.80. The molecule has 0 fully saturated rings. The summed E-state index contributed by atoms with van der Waals surface area (Å²) in [5.74, 6) is -0.123. The predicted molar refractivity (Wildman–Crippen MR) is 102 cm³/mol. The molecule has 25 heavy (non-hydrogen) atoms. The van der Waals surface area contributed by atoms with Gasteiger partial charge in [0.1, 0.15) is 27.3 Å². The fourth-order valence-corrected chi connectivity index (χ4v) is 5.90. The summed E-state index contributed by atoms with van der Waals surface area (Å²) in [7, 11) is 0. The number of nitriles is 1. The first-order valence-electron chi connectivity index (χ1n) is 7.87. The van der Waals surface area contributed by atoms with Crippen molar-refractivity contribution in [3.05, 3.63) is 33.8 Å². The lowest BCUT2D eigenvalue weighted by Crippen LogP contribution is -2.22. The number of hydrogen-bond donors (Lipinski definition) is 1. The molecule has 8 heteroatoms. The Morgan fingerprint density at radius 2 is 2.32 bits per heavy atom. The Balaban J connectivity index is 1.57. The van der Waals surface area contributed by atoms with Crippen molar-refractivity contribution < 1.29 is 4.79 Å². The number of amides is 1. The van der Waals surface area contributed by atoms with Gasteiger partial charge in [0, 0.05) is 10.3 Å². The molecule has 0 aromatic carbocycles. The zero-order valence-electron chi connectivity index (χ0n) is 13.4. The summed E-state index contributed by atoms with van der Waals surface area (Å²) in [4.78, 5) is 23.8. The van der Waals surface area contributed by atoms with Gasteiger partial charge in [-0.25, -0.2) is 9.97 Å². The van der Waals surface area contributed by atoms with Gasteiger partial charge in [0.15, 0.2) is 0 Å². The predicted octanol–water partition coefficient (Wildman–Crippen LogP) is 4.23. The number of aryl methyl sites for hydroxylation is 2. The highest BCUT2D eigenvalue weighted by Gasteiger charge is 2.24. The number of thioether (sulfide) groups is 1. The Morgan fingerprint density at radius 1 is 1.44 bits per heavy atom. The van der Waals surface area contributed by atoms with E-state index in [-0.39, 0.29) is 11.2 Å². The number of thiophene rings is 2. The van der Waals surface area contributed by atoms with Crippen molar-refractivity contribution >= 4 is 55.6 Å². The average Bonchev–Trinajstić information content (AvgIpc) is 3.29. The minimum Gasteiger partial charge on any atom is -0.316 e. The molecule has 5 nitrogen and oxygen atoms in total. The highest BCUT2D eigenvalue weighted by Crippen LogP contribution is 2.41. The van der Waals surface area contributed by atoms with Crippen molar-refractivity contribution in [1.82, 2.24) is 9.97 Å². The van der Waals surface area contributed by atoms with Crippen LogP contribution in [0, 0.1) is 11.3 Å². The standard InChI is InChI=1S/C17H14N4OS3/c1-9(14(22)21-15-10(7-18)5-6-23-15)24-16-13-11-3-2-4-12(11)25-17(13)20-8-19-16/h5-6,8-9H,2-4H2,1H3,(H,21,22)/t9-/m0/s1. The van der Waals surface area contributed by atoms with Crippen molar-refractivity contribution in [2.45, 2.75) is 36.5 Å². The second kappa shape index (κ2) is 6.75. The lowest BCUT2D eigenvalue weighted by Gasteiger charge is -2.11. The summed E-state index contributed by atoms with van der Waals surface area (Å²) in [6.45, 7) is 1.86. The first-order valence-corrected chi connectivity index (χ1v) is 10.5. The maximum Gasteiger partial charge on any atom is 0.238 e. The van der Waals surface area contributed by atoms with Crippen LogP contribution in [0.1, 0.15) is 29.3 Å². The van der Waals surface area contributed by atoms with Gasteiger partial charge in [-0.15, -0.1) is 22.7 Å². The van der Waals surface area contributed by atoms with Gasteiger partial charge in [-0.05, 0) is 43.2 Å². The van der Waals surface area contributed by atoms with Gasteiger partial charge in [0.2, 0.25) is 5.91 Å². The van der Waals surface area contributed by atoms with Crippen LogP contribution in [-0.2, 0) is 17.6 Å². The molecule has 4 rings (SSSR count). The summed E-state index contributed by atoms with van der Waals surface area (Å²) in [5, 5.41) is 16.0. The number of carbonyl (C=O) groups is 1. The van der Waals surface area contributed by atoms with E-state index in [9.17, 15) is 4.79 Å². The molecule has 1 atom stereocenters. The lowest BCUT2D eigenvalue weighted by atomic mass is 10.2. The van der Waals surface area contributed by atoms with E-state index in [2.05, 4.69) is 21.4 Å². The topological polar surface area (TPSA) is 78.7 Å². The van der Waals surface area contributed by atoms with Crippen LogP contribution in [0.25, 0.3) is 10.2 Å². The summed E-state index contributed by atoms with van der Waals surface area (Å²) in [6.07, 6.45) is 4.94. The van der Waals surface area contributed by atoms with Crippen LogP contribution < -0.4 is 5.32 Å². The number of hydrogen-bond acceptors (Lipinski definition) is 7. The molecule has 126 valence electrons. The third kappa shape index (κ3) is 3.03. The maximum absolute atomic E-state index is 12.5. The van der Waals surface area contributed by atoms with Crippen LogP contribution in [0.15, 0.2) is 22.8 Å². The number of anilines is 1. The van der Waals surface area contributed by atoms with Gasteiger partial charge < -0.3 is 5.32 Å². The second-order valence-corrected chi connectivity index (χ2v) is 9.07. The van der Waals surface area contributed by atoms with E-state index in [0.717, 1.165) is 28.1 Å². The van der Waals surface area contributed by atoms with E-state index in [0.29, 0.717) is 10.6 Å². The summed E-state index contributed by atoms with van der Waals surface area (Å²) >= 11 is 4.56. The van der Waals surface area contributed by atoms with Gasteiger partial charge in [-0.2, -0.15) is 5.26 Å². The number of nitrogens with zero attached hydrogens (tertiary/aromatic N) is 3. The monoisotopic (exact) mass is 386 g/mol. The van der Waals surface area contributed by atoms with E-state index in [1.807, 2.05) is 6.92 Å². The Hall–Kier alpha value is -1.95. The largest absolute Gasteiger partial charge is 0.316 e. The normalized spacial score (nSPS) is 14.2. The van der Waals surface area contributed by atoms with E-state index in [1.54, 1.807) is 29.1 Å². The number of fused-ring (bicyclic) bond motifs is 3. The molecule has 3 heterocycles. The molecule has 1 amide bonds. The van der Waals surface area contributed by atoms with Gasteiger partial charge >= 0.3 is 0 Å². The number of nitrogens with one attached hydrogen (secondary N) is 1. The van der Waals surface area contributed by atoms with Gasteiger partial charge in [0.05, 0.1) is 10.8 Å².